The highest BCUT2D eigenvalue weighted by Crippen LogP contribution is 2.21. The van der Waals surface area contributed by atoms with Gasteiger partial charge in [0.15, 0.2) is 0 Å². The second kappa shape index (κ2) is 5.02. The summed E-state index contributed by atoms with van der Waals surface area (Å²) in [6.07, 6.45) is 8.08. The summed E-state index contributed by atoms with van der Waals surface area (Å²) in [5.41, 5.74) is 0. The van der Waals surface area contributed by atoms with Crippen LogP contribution in [0.25, 0.3) is 0 Å². The zero-order valence-electron chi connectivity index (χ0n) is 8.07. The largest absolute Gasteiger partial charge is 0.478 e. The number of likely N-dealkylation sites (N-methyl/N-ethyl adjacent to an activating group) is 1. The van der Waals surface area contributed by atoms with E-state index >= 15 is 0 Å². The van der Waals surface area contributed by atoms with Crippen LogP contribution in [0.4, 0.5) is 0 Å². The van der Waals surface area contributed by atoms with E-state index in [1.54, 1.807) is 6.08 Å². The monoisotopic (exact) mass is 183 g/mol. The van der Waals surface area contributed by atoms with Gasteiger partial charge in [-0.3, -0.25) is 4.90 Å². The lowest BCUT2D eigenvalue weighted by Crippen LogP contribution is -2.29. The molecule has 0 unspecified atom stereocenters. The van der Waals surface area contributed by atoms with Crippen LogP contribution in [0.5, 0.6) is 0 Å². The smallest absolute Gasteiger partial charge is 0.328 e. The maximum atomic E-state index is 10.2. The molecule has 1 rings (SSSR count). The second-order valence-electron chi connectivity index (χ2n) is 3.62. The first-order valence-electron chi connectivity index (χ1n) is 4.80. The number of hydrogen-bond donors (Lipinski definition) is 1. The van der Waals surface area contributed by atoms with Crippen molar-refractivity contribution in [3.63, 3.8) is 0 Å². The Morgan fingerprint density at radius 1 is 1.54 bits per heavy atom. The van der Waals surface area contributed by atoms with Gasteiger partial charge in [0.2, 0.25) is 0 Å². The third-order valence-electron chi connectivity index (χ3n) is 2.60. The van der Waals surface area contributed by atoms with Crippen LogP contribution in [0.3, 0.4) is 0 Å². The van der Waals surface area contributed by atoms with Gasteiger partial charge in [-0.05, 0) is 19.9 Å². The zero-order chi connectivity index (χ0) is 9.68. The second-order valence-corrected chi connectivity index (χ2v) is 3.62. The minimum atomic E-state index is -0.861. The molecule has 0 heterocycles. The molecule has 0 aromatic heterocycles. The van der Waals surface area contributed by atoms with E-state index < -0.39 is 5.97 Å². The minimum Gasteiger partial charge on any atom is -0.478 e. The van der Waals surface area contributed by atoms with E-state index in [2.05, 4.69) is 11.9 Å². The molecule has 0 spiro atoms. The Kier molecular flexibility index (Phi) is 3.96. The molecule has 0 saturated heterocycles. The molecule has 1 fully saturated rings. The molecule has 1 aliphatic rings. The van der Waals surface area contributed by atoms with Gasteiger partial charge in [0, 0.05) is 18.7 Å². The fourth-order valence-electron chi connectivity index (χ4n) is 1.81. The molecule has 74 valence electrons. The standard InChI is InChI=1S/C10H17NO2/c1-11(8-4-7-10(12)13)9-5-2-3-6-9/h4,7,9H,2-3,5-6,8H2,1H3,(H,12,13). The topological polar surface area (TPSA) is 40.5 Å². The molecular formula is C10H17NO2. The number of carboxylic acids is 1. The molecule has 0 bridgehead atoms. The molecule has 0 aromatic rings. The number of aliphatic carboxylic acids is 1. The summed E-state index contributed by atoms with van der Waals surface area (Å²) >= 11 is 0. The van der Waals surface area contributed by atoms with Crippen LogP contribution in [0, 0.1) is 0 Å². The lowest BCUT2D eigenvalue weighted by atomic mass is 10.2. The quantitative estimate of drug-likeness (QED) is 0.671. The Labute approximate surface area is 79.0 Å². The van der Waals surface area contributed by atoms with Crippen molar-refractivity contribution >= 4 is 5.97 Å². The van der Waals surface area contributed by atoms with Crippen molar-refractivity contribution in [2.75, 3.05) is 13.6 Å². The van der Waals surface area contributed by atoms with Gasteiger partial charge in [-0.25, -0.2) is 4.79 Å². The summed E-state index contributed by atoms with van der Waals surface area (Å²) in [6.45, 7) is 0.747. The number of carboxylic acid groups (broad SMARTS) is 1. The molecule has 13 heavy (non-hydrogen) atoms. The summed E-state index contributed by atoms with van der Waals surface area (Å²) in [5, 5.41) is 8.39. The van der Waals surface area contributed by atoms with Crippen LogP contribution in [-0.2, 0) is 4.79 Å². The molecule has 0 atom stereocenters. The summed E-state index contributed by atoms with van der Waals surface area (Å²) in [7, 11) is 2.06. The predicted octanol–water partition coefficient (Wildman–Crippen LogP) is 1.50. The Morgan fingerprint density at radius 2 is 2.15 bits per heavy atom. The van der Waals surface area contributed by atoms with Gasteiger partial charge in [0.05, 0.1) is 0 Å². The maximum Gasteiger partial charge on any atom is 0.328 e. The summed E-state index contributed by atoms with van der Waals surface area (Å²) in [4.78, 5) is 12.4. The molecule has 1 saturated carbocycles. The van der Waals surface area contributed by atoms with Crippen molar-refractivity contribution in [2.45, 2.75) is 31.7 Å². The van der Waals surface area contributed by atoms with Gasteiger partial charge < -0.3 is 5.11 Å². The van der Waals surface area contributed by atoms with E-state index in [1.807, 2.05) is 0 Å². The third-order valence-corrected chi connectivity index (χ3v) is 2.60. The van der Waals surface area contributed by atoms with Crippen LogP contribution in [0.15, 0.2) is 12.2 Å². The van der Waals surface area contributed by atoms with Crippen molar-refractivity contribution in [2.24, 2.45) is 0 Å². The molecule has 0 radical (unpaired) electrons. The molecule has 0 aliphatic heterocycles. The number of hydrogen-bond acceptors (Lipinski definition) is 2. The van der Waals surface area contributed by atoms with Crippen molar-refractivity contribution in [3.8, 4) is 0 Å². The highest BCUT2D eigenvalue weighted by molar-refractivity contribution is 5.79. The fourth-order valence-corrected chi connectivity index (χ4v) is 1.81. The first-order valence-corrected chi connectivity index (χ1v) is 4.80. The van der Waals surface area contributed by atoms with E-state index in [-0.39, 0.29) is 0 Å². The minimum absolute atomic E-state index is 0.665. The summed E-state index contributed by atoms with van der Waals surface area (Å²) in [5.74, 6) is -0.861. The van der Waals surface area contributed by atoms with Crippen molar-refractivity contribution < 1.29 is 9.90 Å². The van der Waals surface area contributed by atoms with Crippen LogP contribution < -0.4 is 0 Å². The SMILES string of the molecule is CN(CC=CC(=O)O)C1CCCC1. The highest BCUT2D eigenvalue weighted by Gasteiger charge is 2.17. The van der Waals surface area contributed by atoms with Crippen LogP contribution in [-0.4, -0.2) is 35.6 Å². The van der Waals surface area contributed by atoms with E-state index in [0.29, 0.717) is 6.04 Å². The van der Waals surface area contributed by atoms with Crippen molar-refractivity contribution in [1.82, 2.24) is 4.90 Å². The Bertz CT molecular complexity index is 195. The Morgan fingerprint density at radius 3 is 2.69 bits per heavy atom. The summed E-state index contributed by atoms with van der Waals surface area (Å²) in [6, 6.07) is 0.665. The van der Waals surface area contributed by atoms with Crippen LogP contribution in [0.1, 0.15) is 25.7 Å². The van der Waals surface area contributed by atoms with E-state index in [9.17, 15) is 4.79 Å². The predicted molar refractivity (Wildman–Crippen MR) is 51.7 cm³/mol. The van der Waals surface area contributed by atoms with Crippen molar-refractivity contribution in [1.29, 1.82) is 0 Å². The fraction of sp³-hybridized carbons (Fsp3) is 0.700. The zero-order valence-corrected chi connectivity index (χ0v) is 8.07. The van der Waals surface area contributed by atoms with Gasteiger partial charge in [-0.15, -0.1) is 0 Å². The first kappa shape index (κ1) is 10.3. The number of rotatable bonds is 4. The lowest BCUT2D eigenvalue weighted by molar-refractivity contribution is -0.131. The first-order chi connectivity index (χ1) is 6.20. The average Bonchev–Trinajstić information content (AvgIpc) is 2.55. The van der Waals surface area contributed by atoms with E-state index in [4.69, 9.17) is 5.11 Å². The van der Waals surface area contributed by atoms with Gasteiger partial charge in [0.1, 0.15) is 0 Å². The van der Waals surface area contributed by atoms with Gasteiger partial charge in [-0.2, -0.15) is 0 Å². The molecule has 1 aliphatic carbocycles. The molecule has 3 nitrogen and oxygen atoms in total. The van der Waals surface area contributed by atoms with Crippen LogP contribution >= 0.6 is 0 Å². The van der Waals surface area contributed by atoms with Gasteiger partial charge in [0.25, 0.3) is 0 Å². The third kappa shape index (κ3) is 3.59. The highest BCUT2D eigenvalue weighted by atomic mass is 16.4. The Hall–Kier alpha value is -0.830. The Balaban J connectivity index is 2.23. The average molecular weight is 183 g/mol. The lowest BCUT2D eigenvalue weighted by Gasteiger charge is -2.21. The van der Waals surface area contributed by atoms with E-state index in [1.165, 1.54) is 31.8 Å². The summed E-state index contributed by atoms with van der Waals surface area (Å²) < 4.78 is 0. The van der Waals surface area contributed by atoms with Gasteiger partial charge in [-0.1, -0.05) is 18.9 Å². The molecular weight excluding hydrogens is 166 g/mol. The molecule has 3 heteroatoms. The van der Waals surface area contributed by atoms with Crippen molar-refractivity contribution in [3.05, 3.63) is 12.2 Å². The number of carbonyl (C=O) groups is 1. The van der Waals surface area contributed by atoms with Crippen LogP contribution in [0.2, 0.25) is 0 Å². The molecule has 0 amide bonds. The number of nitrogens with zero attached hydrogens (tertiary/aromatic N) is 1. The maximum absolute atomic E-state index is 10.2. The van der Waals surface area contributed by atoms with E-state index in [0.717, 1.165) is 6.54 Å². The molecule has 0 aromatic carbocycles. The normalized spacial score (nSPS) is 18.9. The van der Waals surface area contributed by atoms with Gasteiger partial charge >= 0.3 is 5.97 Å². The molecule has 1 N–H and O–H groups in total.